The van der Waals surface area contributed by atoms with Crippen LogP contribution in [0.3, 0.4) is 0 Å². The molecular weight excluding hydrogens is 184 g/mol. The molecule has 1 heterocycles. The van der Waals surface area contributed by atoms with E-state index in [4.69, 9.17) is 9.47 Å². The second-order valence-corrected chi connectivity index (χ2v) is 3.96. The number of carbonyl (C=O) groups is 1. The molecule has 1 fully saturated rings. The van der Waals surface area contributed by atoms with Crippen LogP contribution in [0.2, 0.25) is 0 Å². The van der Waals surface area contributed by atoms with Crippen LogP contribution >= 0.6 is 0 Å². The molecule has 3 unspecified atom stereocenters. The van der Waals surface area contributed by atoms with Gasteiger partial charge in [-0.2, -0.15) is 0 Å². The van der Waals surface area contributed by atoms with E-state index in [9.17, 15) is 9.90 Å². The van der Waals surface area contributed by atoms with E-state index in [0.717, 1.165) is 0 Å². The molecule has 0 radical (unpaired) electrons. The lowest BCUT2D eigenvalue weighted by atomic mass is 9.72. The minimum absolute atomic E-state index is 0.0255. The highest BCUT2D eigenvalue weighted by Crippen LogP contribution is 2.42. The third-order valence-electron chi connectivity index (χ3n) is 3.30. The summed E-state index contributed by atoms with van der Waals surface area (Å²) in [5, 5.41) is 9.30. The van der Waals surface area contributed by atoms with Crippen molar-refractivity contribution in [3.05, 3.63) is 0 Å². The third kappa shape index (κ3) is 1.64. The van der Waals surface area contributed by atoms with Crippen molar-refractivity contribution in [2.24, 2.45) is 11.3 Å². The van der Waals surface area contributed by atoms with Crippen molar-refractivity contribution < 1.29 is 19.4 Å². The molecule has 0 aromatic carbocycles. The number of carboxylic acids is 1. The van der Waals surface area contributed by atoms with Crippen LogP contribution in [0, 0.1) is 11.3 Å². The first-order valence-corrected chi connectivity index (χ1v) is 4.89. The van der Waals surface area contributed by atoms with Gasteiger partial charge in [-0.25, -0.2) is 0 Å². The topological polar surface area (TPSA) is 55.8 Å². The van der Waals surface area contributed by atoms with Crippen molar-refractivity contribution >= 4 is 5.97 Å². The van der Waals surface area contributed by atoms with Gasteiger partial charge in [0, 0.05) is 20.3 Å². The first kappa shape index (κ1) is 11.5. The number of hydrogen-bond acceptors (Lipinski definition) is 3. The van der Waals surface area contributed by atoms with E-state index in [1.54, 1.807) is 7.11 Å². The number of rotatable bonds is 4. The fourth-order valence-electron chi connectivity index (χ4n) is 2.29. The predicted octanol–water partition coefficient (Wildman–Crippen LogP) is 1.15. The zero-order valence-electron chi connectivity index (χ0n) is 8.95. The van der Waals surface area contributed by atoms with Crippen LogP contribution in [0.5, 0.6) is 0 Å². The van der Waals surface area contributed by atoms with Crippen LogP contribution in [0.15, 0.2) is 0 Å². The lowest BCUT2D eigenvalue weighted by Crippen LogP contribution is -2.44. The van der Waals surface area contributed by atoms with Gasteiger partial charge in [-0.3, -0.25) is 4.79 Å². The Morgan fingerprint density at radius 2 is 2.43 bits per heavy atom. The molecule has 4 heteroatoms. The molecule has 0 saturated carbocycles. The molecule has 0 bridgehead atoms. The van der Waals surface area contributed by atoms with Crippen LogP contribution in [0.4, 0.5) is 0 Å². The van der Waals surface area contributed by atoms with E-state index in [1.807, 2.05) is 13.8 Å². The molecule has 3 atom stereocenters. The SMILES string of the molecule is COCC(C)C1(C(=O)O)CCOC1C. The zero-order chi connectivity index (χ0) is 10.8. The van der Waals surface area contributed by atoms with Gasteiger partial charge < -0.3 is 14.6 Å². The zero-order valence-corrected chi connectivity index (χ0v) is 8.95. The van der Waals surface area contributed by atoms with Gasteiger partial charge >= 0.3 is 5.97 Å². The van der Waals surface area contributed by atoms with Gasteiger partial charge in [-0.1, -0.05) is 6.92 Å². The maximum atomic E-state index is 11.3. The van der Waals surface area contributed by atoms with E-state index in [0.29, 0.717) is 19.6 Å². The van der Waals surface area contributed by atoms with E-state index < -0.39 is 11.4 Å². The Kier molecular flexibility index (Phi) is 3.50. The Bertz CT molecular complexity index is 216. The molecule has 1 rings (SSSR count). The average Bonchev–Trinajstić information content (AvgIpc) is 2.48. The first-order chi connectivity index (χ1) is 6.55. The van der Waals surface area contributed by atoms with Crippen LogP contribution in [-0.4, -0.2) is 37.5 Å². The number of ether oxygens (including phenoxy) is 2. The third-order valence-corrected chi connectivity index (χ3v) is 3.30. The Morgan fingerprint density at radius 3 is 2.79 bits per heavy atom. The van der Waals surface area contributed by atoms with Crippen LogP contribution in [-0.2, 0) is 14.3 Å². The van der Waals surface area contributed by atoms with Gasteiger partial charge in [0.1, 0.15) is 5.41 Å². The van der Waals surface area contributed by atoms with Gasteiger partial charge in [-0.15, -0.1) is 0 Å². The lowest BCUT2D eigenvalue weighted by Gasteiger charge is -2.33. The summed E-state index contributed by atoms with van der Waals surface area (Å²) in [6, 6.07) is 0. The summed E-state index contributed by atoms with van der Waals surface area (Å²) >= 11 is 0. The molecule has 0 aromatic heterocycles. The number of hydrogen-bond donors (Lipinski definition) is 1. The highest BCUT2D eigenvalue weighted by atomic mass is 16.5. The van der Waals surface area contributed by atoms with Crippen LogP contribution in [0.1, 0.15) is 20.3 Å². The van der Waals surface area contributed by atoms with Gasteiger partial charge in [0.25, 0.3) is 0 Å². The average molecular weight is 202 g/mol. The van der Waals surface area contributed by atoms with Crippen molar-refractivity contribution in [3.63, 3.8) is 0 Å². The molecule has 0 aromatic rings. The van der Waals surface area contributed by atoms with Crippen molar-refractivity contribution in [1.29, 1.82) is 0 Å². The van der Waals surface area contributed by atoms with Crippen molar-refractivity contribution in [1.82, 2.24) is 0 Å². The molecule has 0 amide bonds. The van der Waals surface area contributed by atoms with Crippen molar-refractivity contribution in [2.75, 3.05) is 20.3 Å². The molecule has 1 aliphatic heterocycles. The summed E-state index contributed by atoms with van der Waals surface area (Å²) in [6.45, 7) is 4.72. The Labute approximate surface area is 84.2 Å². The van der Waals surface area contributed by atoms with Crippen LogP contribution < -0.4 is 0 Å². The van der Waals surface area contributed by atoms with E-state index in [1.165, 1.54) is 0 Å². The minimum Gasteiger partial charge on any atom is -0.481 e. The van der Waals surface area contributed by atoms with Gasteiger partial charge in [0.2, 0.25) is 0 Å². The van der Waals surface area contributed by atoms with E-state index in [-0.39, 0.29) is 12.0 Å². The van der Waals surface area contributed by atoms with Crippen LogP contribution in [0.25, 0.3) is 0 Å². The highest BCUT2D eigenvalue weighted by Gasteiger charge is 2.52. The molecule has 0 spiro atoms. The Balaban J connectivity index is 2.86. The first-order valence-electron chi connectivity index (χ1n) is 4.89. The van der Waals surface area contributed by atoms with Crippen molar-refractivity contribution in [2.45, 2.75) is 26.4 Å². The summed E-state index contributed by atoms with van der Waals surface area (Å²) in [5.41, 5.74) is -0.768. The summed E-state index contributed by atoms with van der Waals surface area (Å²) in [4.78, 5) is 11.3. The smallest absolute Gasteiger partial charge is 0.312 e. The highest BCUT2D eigenvalue weighted by molar-refractivity contribution is 5.76. The Hall–Kier alpha value is -0.610. The van der Waals surface area contributed by atoms with E-state index in [2.05, 4.69) is 0 Å². The maximum Gasteiger partial charge on any atom is 0.312 e. The second-order valence-electron chi connectivity index (χ2n) is 3.96. The van der Waals surface area contributed by atoms with Gasteiger partial charge in [0.05, 0.1) is 6.10 Å². The fraction of sp³-hybridized carbons (Fsp3) is 0.900. The minimum atomic E-state index is -0.771. The standard InChI is InChI=1S/C10H18O4/c1-7(6-13-3)10(9(11)12)4-5-14-8(10)2/h7-8H,4-6H2,1-3H3,(H,11,12). The maximum absolute atomic E-state index is 11.3. The van der Waals surface area contributed by atoms with Crippen molar-refractivity contribution in [3.8, 4) is 0 Å². The molecule has 82 valence electrons. The quantitative estimate of drug-likeness (QED) is 0.743. The second kappa shape index (κ2) is 4.28. The summed E-state index contributed by atoms with van der Waals surface area (Å²) < 4.78 is 10.4. The number of carboxylic acid groups (broad SMARTS) is 1. The Morgan fingerprint density at radius 1 is 1.79 bits per heavy atom. The molecule has 4 nitrogen and oxygen atoms in total. The summed E-state index contributed by atoms with van der Waals surface area (Å²) in [6.07, 6.45) is 0.346. The predicted molar refractivity (Wildman–Crippen MR) is 51.1 cm³/mol. The molecule has 0 aliphatic carbocycles. The molecule has 14 heavy (non-hydrogen) atoms. The lowest BCUT2D eigenvalue weighted by molar-refractivity contribution is -0.157. The largest absolute Gasteiger partial charge is 0.481 e. The van der Waals surface area contributed by atoms with Gasteiger partial charge in [-0.05, 0) is 19.3 Å². The molecule has 1 N–H and O–H groups in total. The molecular formula is C10H18O4. The summed E-state index contributed by atoms with van der Waals surface area (Å²) in [5.74, 6) is -0.797. The summed E-state index contributed by atoms with van der Waals surface area (Å²) in [7, 11) is 1.59. The fourth-order valence-corrected chi connectivity index (χ4v) is 2.29. The number of aliphatic carboxylic acids is 1. The number of methoxy groups -OCH3 is 1. The van der Waals surface area contributed by atoms with Gasteiger partial charge in [0.15, 0.2) is 0 Å². The monoisotopic (exact) mass is 202 g/mol. The molecule has 1 aliphatic rings. The normalized spacial score (nSPS) is 34.4. The van der Waals surface area contributed by atoms with E-state index >= 15 is 0 Å². The molecule has 1 saturated heterocycles.